The fourth-order valence-corrected chi connectivity index (χ4v) is 2.97. The molecule has 28 heavy (non-hydrogen) atoms. The third-order valence-electron chi connectivity index (χ3n) is 4.44. The number of unbranched alkanes of at least 4 members (excludes halogenated alkanes) is 3. The van der Waals surface area contributed by atoms with Crippen molar-refractivity contribution in [3.8, 4) is 23.0 Å². The van der Waals surface area contributed by atoms with Gasteiger partial charge >= 0.3 is 0 Å². The van der Waals surface area contributed by atoms with E-state index in [1.165, 1.54) is 18.9 Å². The van der Waals surface area contributed by atoms with Gasteiger partial charge in [-0.2, -0.15) is 0 Å². The molecule has 0 saturated heterocycles. The molecule has 0 aromatic heterocycles. The van der Waals surface area contributed by atoms with Crippen LogP contribution in [0.1, 0.15) is 53.3 Å². The Hall–Kier alpha value is -3.28. The molecule has 0 aliphatic heterocycles. The molecule has 0 heterocycles. The summed E-state index contributed by atoms with van der Waals surface area (Å²) in [6.45, 7) is 2.79. The third kappa shape index (κ3) is 4.17. The van der Waals surface area contributed by atoms with Gasteiger partial charge < -0.3 is 19.7 Å². The third-order valence-corrected chi connectivity index (χ3v) is 4.44. The van der Waals surface area contributed by atoms with Gasteiger partial charge in [-0.15, -0.1) is 0 Å². The number of carbonyl (C=O) groups excluding carboxylic acids is 2. The number of Topliss-reactive ketones (excluding diaryl/α,β-unsaturated/α-hetero) is 1. The maximum absolute atomic E-state index is 12.6. The molecule has 2 aromatic carbocycles. The van der Waals surface area contributed by atoms with Crippen molar-refractivity contribution in [2.45, 2.75) is 32.6 Å². The van der Waals surface area contributed by atoms with E-state index in [4.69, 9.17) is 9.47 Å². The molecule has 0 amide bonds. The minimum Gasteiger partial charge on any atom is -0.507 e. The van der Waals surface area contributed by atoms with E-state index in [-0.39, 0.29) is 28.4 Å². The summed E-state index contributed by atoms with van der Waals surface area (Å²) in [7, 11) is 0. The zero-order valence-electron chi connectivity index (χ0n) is 15.6. The minimum atomic E-state index is -0.667. The van der Waals surface area contributed by atoms with Crippen molar-refractivity contribution in [2.24, 2.45) is 0 Å². The summed E-state index contributed by atoms with van der Waals surface area (Å²) in [5.74, 6) is -1.18. The van der Waals surface area contributed by atoms with Gasteiger partial charge in [0.05, 0.1) is 17.7 Å². The van der Waals surface area contributed by atoms with Crippen LogP contribution in [0.2, 0.25) is 0 Å². The van der Waals surface area contributed by atoms with Crippen LogP contribution in [-0.4, -0.2) is 28.4 Å². The molecule has 3 rings (SSSR count). The van der Waals surface area contributed by atoms with Gasteiger partial charge in [0.25, 0.3) is 0 Å². The van der Waals surface area contributed by atoms with E-state index in [0.29, 0.717) is 18.1 Å². The van der Waals surface area contributed by atoms with Crippen molar-refractivity contribution in [1.82, 2.24) is 0 Å². The first-order valence-electron chi connectivity index (χ1n) is 9.27. The molecule has 6 heteroatoms. The lowest BCUT2D eigenvalue weighted by Gasteiger charge is -2.17. The molecule has 0 atom stereocenters. The zero-order chi connectivity index (χ0) is 20.1. The number of hydrogen-bond acceptors (Lipinski definition) is 6. The smallest absolute Gasteiger partial charge is 0.232 e. The van der Waals surface area contributed by atoms with Gasteiger partial charge in [0.2, 0.25) is 5.78 Å². The van der Waals surface area contributed by atoms with E-state index in [1.807, 2.05) is 0 Å². The largest absolute Gasteiger partial charge is 0.507 e. The lowest BCUT2D eigenvalue weighted by Crippen LogP contribution is -2.20. The number of ketones is 2. The second kappa shape index (κ2) is 8.61. The minimum absolute atomic E-state index is 0.216. The monoisotopic (exact) mass is 382 g/mol. The Morgan fingerprint density at radius 3 is 2.14 bits per heavy atom. The summed E-state index contributed by atoms with van der Waals surface area (Å²) in [6.07, 6.45) is 5.50. The second-order valence-corrected chi connectivity index (χ2v) is 6.54. The van der Waals surface area contributed by atoms with Crippen molar-refractivity contribution in [3.63, 3.8) is 0 Å². The number of hydrogen-bond donors (Lipinski definition) is 2. The van der Waals surface area contributed by atoms with Crippen molar-refractivity contribution >= 4 is 11.6 Å². The Kier molecular flexibility index (Phi) is 5.99. The number of phenols is 2. The van der Waals surface area contributed by atoms with Crippen LogP contribution in [0.3, 0.4) is 0 Å². The summed E-state index contributed by atoms with van der Waals surface area (Å²) >= 11 is 0. The number of ether oxygens (including phenoxy) is 2. The van der Waals surface area contributed by atoms with Crippen molar-refractivity contribution in [1.29, 1.82) is 0 Å². The van der Waals surface area contributed by atoms with Crippen molar-refractivity contribution < 1.29 is 29.3 Å². The van der Waals surface area contributed by atoms with Gasteiger partial charge in [0.15, 0.2) is 11.5 Å². The van der Waals surface area contributed by atoms with Crippen LogP contribution in [0, 0.1) is 0 Å². The molecular weight excluding hydrogens is 360 g/mol. The highest BCUT2D eigenvalue weighted by Gasteiger charge is 2.32. The predicted octanol–water partition coefficient (Wildman–Crippen LogP) is 4.40. The van der Waals surface area contributed by atoms with Crippen molar-refractivity contribution in [2.75, 3.05) is 6.61 Å². The average Bonchev–Trinajstić information content (AvgIpc) is 2.68. The van der Waals surface area contributed by atoms with E-state index < -0.39 is 11.6 Å². The summed E-state index contributed by atoms with van der Waals surface area (Å²) in [5.41, 5.74) is -0.473. The average molecular weight is 382 g/mol. The maximum Gasteiger partial charge on any atom is 0.232 e. The van der Waals surface area contributed by atoms with E-state index in [1.54, 1.807) is 24.3 Å². The summed E-state index contributed by atoms with van der Waals surface area (Å²) in [5, 5.41) is 19.8. The van der Waals surface area contributed by atoms with Crippen LogP contribution in [0.25, 0.3) is 0 Å². The topological polar surface area (TPSA) is 93.1 Å². The fourth-order valence-electron chi connectivity index (χ4n) is 2.97. The highest BCUT2D eigenvalue weighted by molar-refractivity contribution is 6.26. The van der Waals surface area contributed by atoms with E-state index in [0.717, 1.165) is 25.0 Å². The van der Waals surface area contributed by atoms with Crippen LogP contribution in [0.4, 0.5) is 0 Å². The maximum atomic E-state index is 12.6. The molecule has 0 spiro atoms. The molecular formula is C22H22O6. The van der Waals surface area contributed by atoms with Gasteiger partial charge in [0.1, 0.15) is 23.0 Å². The Bertz CT molecular complexity index is 911. The Morgan fingerprint density at radius 1 is 0.821 bits per heavy atom. The van der Waals surface area contributed by atoms with Crippen LogP contribution in [-0.2, 0) is 0 Å². The first-order chi connectivity index (χ1) is 13.5. The zero-order valence-corrected chi connectivity index (χ0v) is 15.6. The van der Waals surface area contributed by atoms with Gasteiger partial charge in [-0.3, -0.25) is 9.59 Å². The van der Waals surface area contributed by atoms with E-state index in [2.05, 4.69) is 6.92 Å². The Labute approximate surface area is 163 Å². The van der Waals surface area contributed by atoms with Crippen molar-refractivity contribution in [3.05, 3.63) is 59.4 Å². The van der Waals surface area contributed by atoms with Crippen LogP contribution in [0.5, 0.6) is 23.0 Å². The first kappa shape index (κ1) is 19.5. The Balaban J connectivity index is 1.68. The molecule has 1 aliphatic carbocycles. The molecule has 6 nitrogen and oxygen atoms in total. The normalized spacial score (nSPS) is 13.1. The summed E-state index contributed by atoms with van der Waals surface area (Å²) in [6, 6.07) is 9.05. The van der Waals surface area contributed by atoms with E-state index >= 15 is 0 Å². The highest BCUT2D eigenvalue weighted by atomic mass is 16.5. The molecule has 0 saturated carbocycles. The number of benzene rings is 2. The second-order valence-electron chi connectivity index (χ2n) is 6.54. The first-order valence-corrected chi connectivity index (χ1v) is 9.27. The molecule has 0 fully saturated rings. The number of aromatic hydroxyl groups is 2. The van der Waals surface area contributed by atoms with Crippen LogP contribution >= 0.6 is 0 Å². The standard InChI is InChI=1S/C22H22O6/c1-2-3-4-5-12-27-14-6-8-15(9-7-14)28-19-13-18(25)20-16(23)10-11-17(24)21(20)22(19)26/h6-11,13,23-24H,2-5,12H2,1H3. The van der Waals surface area contributed by atoms with E-state index in [9.17, 15) is 19.8 Å². The molecule has 2 N–H and O–H groups in total. The number of phenolic OH excluding ortho intramolecular Hbond substituents is 2. The molecule has 0 unspecified atom stereocenters. The summed E-state index contributed by atoms with van der Waals surface area (Å²) < 4.78 is 11.2. The SMILES string of the molecule is CCCCCCOc1ccc(OC2=CC(=O)c3c(O)ccc(O)c3C2=O)cc1. The highest BCUT2D eigenvalue weighted by Crippen LogP contribution is 2.35. The van der Waals surface area contributed by atoms with Gasteiger partial charge in [0, 0.05) is 6.08 Å². The molecule has 1 aliphatic rings. The number of rotatable bonds is 8. The van der Waals surface area contributed by atoms with Crippen LogP contribution < -0.4 is 9.47 Å². The predicted molar refractivity (Wildman–Crippen MR) is 103 cm³/mol. The van der Waals surface area contributed by atoms with Gasteiger partial charge in [-0.05, 0) is 42.8 Å². The van der Waals surface area contributed by atoms with Crippen LogP contribution in [0.15, 0.2) is 48.2 Å². The lowest BCUT2D eigenvalue weighted by atomic mass is 9.92. The fraction of sp³-hybridized carbons (Fsp3) is 0.273. The Morgan fingerprint density at radius 2 is 1.46 bits per heavy atom. The van der Waals surface area contributed by atoms with Gasteiger partial charge in [-0.1, -0.05) is 26.2 Å². The van der Waals surface area contributed by atoms with Gasteiger partial charge in [-0.25, -0.2) is 0 Å². The molecule has 0 radical (unpaired) electrons. The molecule has 0 bridgehead atoms. The summed E-state index contributed by atoms with van der Waals surface area (Å²) in [4.78, 5) is 24.8. The quantitative estimate of drug-likeness (QED) is 0.519. The molecule has 2 aromatic rings. The number of allylic oxidation sites excluding steroid dienone is 2. The number of carbonyl (C=O) groups is 2. The molecule has 146 valence electrons. The number of fused-ring (bicyclic) bond motifs is 1. The lowest BCUT2D eigenvalue weighted by molar-refractivity contribution is 0.0942.